The SMILES string of the molecule is CCC=C(C(=O)OCC)c1csc(C(=O)NOC(C)(C)C)n1. The van der Waals surface area contributed by atoms with Crippen molar-refractivity contribution in [3.63, 3.8) is 0 Å². The number of esters is 1. The molecule has 1 aromatic heterocycles. The topological polar surface area (TPSA) is 77.5 Å². The highest BCUT2D eigenvalue weighted by Gasteiger charge is 2.20. The van der Waals surface area contributed by atoms with Crippen LogP contribution in [0.1, 0.15) is 56.5 Å². The van der Waals surface area contributed by atoms with Gasteiger partial charge < -0.3 is 4.74 Å². The molecule has 122 valence electrons. The molecule has 1 heterocycles. The van der Waals surface area contributed by atoms with E-state index in [9.17, 15) is 9.59 Å². The first-order valence-corrected chi connectivity index (χ1v) is 7.98. The number of amides is 1. The molecule has 1 N–H and O–H groups in total. The summed E-state index contributed by atoms with van der Waals surface area (Å²) >= 11 is 1.15. The minimum atomic E-state index is -0.492. The van der Waals surface area contributed by atoms with Crippen molar-refractivity contribution in [1.29, 1.82) is 0 Å². The molecule has 1 rings (SSSR count). The largest absolute Gasteiger partial charge is 0.462 e. The number of thiazole rings is 1. The number of ether oxygens (including phenoxy) is 1. The van der Waals surface area contributed by atoms with Gasteiger partial charge >= 0.3 is 11.9 Å². The molecule has 1 aromatic rings. The highest BCUT2D eigenvalue weighted by atomic mass is 32.1. The summed E-state index contributed by atoms with van der Waals surface area (Å²) in [4.78, 5) is 33.3. The normalized spacial score (nSPS) is 12.1. The molecule has 0 unspecified atom stereocenters. The van der Waals surface area contributed by atoms with Crippen LogP contribution in [0.4, 0.5) is 0 Å². The molecule has 0 saturated heterocycles. The molecule has 0 aliphatic heterocycles. The van der Waals surface area contributed by atoms with Gasteiger partial charge in [0, 0.05) is 5.38 Å². The molecule has 0 saturated carbocycles. The Morgan fingerprint density at radius 2 is 2.05 bits per heavy atom. The molecule has 0 radical (unpaired) electrons. The number of rotatable bonds is 6. The zero-order valence-corrected chi connectivity index (χ0v) is 14.4. The lowest BCUT2D eigenvalue weighted by molar-refractivity contribution is -0.136. The lowest BCUT2D eigenvalue weighted by atomic mass is 10.2. The van der Waals surface area contributed by atoms with Gasteiger partial charge in [0.1, 0.15) is 0 Å². The van der Waals surface area contributed by atoms with Gasteiger partial charge in [-0.25, -0.2) is 15.3 Å². The molecule has 0 aliphatic carbocycles. The molecular weight excluding hydrogens is 304 g/mol. The second-order valence-electron chi connectivity index (χ2n) is 5.43. The number of nitrogens with one attached hydrogen (secondary N) is 1. The summed E-state index contributed by atoms with van der Waals surface area (Å²) in [5, 5.41) is 1.88. The highest BCUT2D eigenvalue weighted by Crippen LogP contribution is 2.20. The van der Waals surface area contributed by atoms with E-state index in [1.807, 2.05) is 27.7 Å². The van der Waals surface area contributed by atoms with Crippen molar-refractivity contribution in [2.45, 2.75) is 46.6 Å². The van der Waals surface area contributed by atoms with Crippen LogP contribution in [0, 0.1) is 0 Å². The molecule has 22 heavy (non-hydrogen) atoms. The second-order valence-corrected chi connectivity index (χ2v) is 6.29. The summed E-state index contributed by atoms with van der Waals surface area (Å²) < 4.78 is 5.01. The number of carbonyl (C=O) groups is 2. The molecular formula is C15H22N2O4S. The van der Waals surface area contributed by atoms with Crippen LogP contribution in [0.5, 0.6) is 0 Å². The van der Waals surface area contributed by atoms with Crippen molar-refractivity contribution in [2.24, 2.45) is 0 Å². The van der Waals surface area contributed by atoms with E-state index in [4.69, 9.17) is 9.57 Å². The Hall–Kier alpha value is -1.73. The van der Waals surface area contributed by atoms with Crippen LogP contribution in [-0.2, 0) is 14.4 Å². The van der Waals surface area contributed by atoms with E-state index in [-0.39, 0.29) is 11.6 Å². The number of hydroxylamine groups is 1. The Morgan fingerprint density at radius 1 is 1.36 bits per heavy atom. The number of hydrogen-bond acceptors (Lipinski definition) is 6. The first-order chi connectivity index (χ1) is 10.3. The number of nitrogens with zero attached hydrogens (tertiary/aromatic N) is 1. The maximum absolute atomic E-state index is 12.0. The first kappa shape index (κ1) is 18.3. The van der Waals surface area contributed by atoms with E-state index in [1.54, 1.807) is 18.4 Å². The van der Waals surface area contributed by atoms with Gasteiger partial charge in [-0.1, -0.05) is 13.0 Å². The van der Waals surface area contributed by atoms with Crippen molar-refractivity contribution in [2.75, 3.05) is 6.61 Å². The van der Waals surface area contributed by atoms with Crippen LogP contribution < -0.4 is 5.48 Å². The number of hydrogen-bond donors (Lipinski definition) is 1. The van der Waals surface area contributed by atoms with Crippen LogP contribution in [0.25, 0.3) is 5.57 Å². The standard InChI is InChI=1S/C15H22N2O4S/c1-6-8-10(14(19)20-7-2)11-9-22-13(16-11)12(18)17-21-15(3,4)5/h8-9H,6-7H2,1-5H3,(H,17,18). The third-order valence-corrected chi connectivity index (χ3v) is 3.17. The van der Waals surface area contributed by atoms with E-state index in [1.165, 1.54) is 0 Å². The van der Waals surface area contributed by atoms with Crippen molar-refractivity contribution >= 4 is 28.8 Å². The van der Waals surface area contributed by atoms with Crippen LogP contribution >= 0.6 is 11.3 Å². The smallest absolute Gasteiger partial charge is 0.340 e. The van der Waals surface area contributed by atoms with E-state index in [0.29, 0.717) is 17.7 Å². The summed E-state index contributed by atoms with van der Waals surface area (Å²) in [6, 6.07) is 0. The fraction of sp³-hybridized carbons (Fsp3) is 0.533. The van der Waals surface area contributed by atoms with Crippen LogP contribution in [0.3, 0.4) is 0 Å². The third kappa shape index (κ3) is 5.57. The molecule has 0 aliphatic rings. The maximum Gasteiger partial charge on any atom is 0.340 e. The molecule has 0 atom stereocenters. The Kier molecular flexibility index (Phi) is 6.70. The maximum atomic E-state index is 12.0. The number of carbonyl (C=O) groups excluding carboxylic acids is 2. The summed E-state index contributed by atoms with van der Waals surface area (Å²) in [6.45, 7) is 9.41. The lowest BCUT2D eigenvalue weighted by Gasteiger charge is -2.18. The van der Waals surface area contributed by atoms with Crippen molar-refractivity contribution in [3.8, 4) is 0 Å². The number of allylic oxidation sites excluding steroid dienone is 1. The van der Waals surface area contributed by atoms with Crippen molar-refractivity contribution in [1.82, 2.24) is 10.5 Å². The minimum absolute atomic E-state index is 0.227. The quantitative estimate of drug-likeness (QED) is 0.494. The van der Waals surface area contributed by atoms with Gasteiger partial charge in [0.05, 0.1) is 23.5 Å². The summed E-state index contributed by atoms with van der Waals surface area (Å²) in [6.07, 6.45) is 2.40. The van der Waals surface area contributed by atoms with E-state index in [2.05, 4.69) is 10.5 Å². The van der Waals surface area contributed by atoms with Gasteiger partial charge in [-0.3, -0.25) is 9.63 Å². The molecule has 7 heteroatoms. The summed E-state index contributed by atoms with van der Waals surface area (Å²) in [7, 11) is 0. The summed E-state index contributed by atoms with van der Waals surface area (Å²) in [5.74, 6) is -0.876. The van der Waals surface area contributed by atoms with Crippen molar-refractivity contribution < 1.29 is 19.2 Å². The van der Waals surface area contributed by atoms with Gasteiger partial charge in [0.25, 0.3) is 0 Å². The van der Waals surface area contributed by atoms with Crippen molar-refractivity contribution in [3.05, 3.63) is 22.2 Å². The molecule has 0 fully saturated rings. The van der Waals surface area contributed by atoms with Crippen LogP contribution in [-0.4, -0.2) is 29.1 Å². The van der Waals surface area contributed by atoms with Gasteiger partial charge in [0.15, 0.2) is 5.01 Å². The molecule has 6 nitrogen and oxygen atoms in total. The van der Waals surface area contributed by atoms with Crippen LogP contribution in [0.15, 0.2) is 11.5 Å². The fourth-order valence-corrected chi connectivity index (χ4v) is 2.15. The zero-order valence-electron chi connectivity index (χ0n) is 13.6. The van der Waals surface area contributed by atoms with Gasteiger partial charge in [-0.15, -0.1) is 11.3 Å². The third-order valence-electron chi connectivity index (χ3n) is 2.33. The van der Waals surface area contributed by atoms with Gasteiger partial charge in [-0.2, -0.15) is 0 Å². The Morgan fingerprint density at radius 3 is 2.59 bits per heavy atom. The predicted octanol–water partition coefficient (Wildman–Crippen LogP) is 2.96. The Balaban J connectivity index is 2.87. The Bertz CT molecular complexity index is 558. The number of aromatic nitrogens is 1. The Labute approximate surface area is 134 Å². The molecule has 0 bridgehead atoms. The average molecular weight is 326 g/mol. The fourth-order valence-electron chi connectivity index (χ4n) is 1.45. The second kappa shape index (κ2) is 8.05. The van der Waals surface area contributed by atoms with E-state index >= 15 is 0 Å². The monoisotopic (exact) mass is 326 g/mol. The van der Waals surface area contributed by atoms with E-state index < -0.39 is 17.5 Å². The first-order valence-electron chi connectivity index (χ1n) is 7.10. The van der Waals surface area contributed by atoms with E-state index in [0.717, 1.165) is 11.3 Å². The minimum Gasteiger partial charge on any atom is -0.462 e. The van der Waals surface area contributed by atoms with Crippen LogP contribution in [0.2, 0.25) is 0 Å². The molecule has 0 spiro atoms. The van der Waals surface area contributed by atoms with Gasteiger partial charge in [-0.05, 0) is 34.1 Å². The van der Waals surface area contributed by atoms with Gasteiger partial charge in [0.2, 0.25) is 0 Å². The average Bonchev–Trinajstić information content (AvgIpc) is 2.91. The summed E-state index contributed by atoms with van der Waals surface area (Å²) in [5.41, 5.74) is 2.67. The molecule has 0 aromatic carbocycles. The highest BCUT2D eigenvalue weighted by molar-refractivity contribution is 7.11. The zero-order chi connectivity index (χ0) is 16.8. The predicted molar refractivity (Wildman–Crippen MR) is 85.3 cm³/mol. The molecule has 1 amide bonds. The lowest BCUT2D eigenvalue weighted by Crippen LogP contribution is -2.33.